The summed E-state index contributed by atoms with van der Waals surface area (Å²) in [6.45, 7) is 1.32. The van der Waals surface area contributed by atoms with E-state index in [1.165, 1.54) is 24.0 Å². The highest BCUT2D eigenvalue weighted by molar-refractivity contribution is 7.91. The van der Waals surface area contributed by atoms with E-state index in [0.717, 1.165) is 24.9 Å². The zero-order valence-electron chi connectivity index (χ0n) is 15.9. The van der Waals surface area contributed by atoms with Crippen molar-refractivity contribution in [2.45, 2.75) is 44.6 Å². The summed E-state index contributed by atoms with van der Waals surface area (Å²) in [5.74, 6) is 0.350. The van der Waals surface area contributed by atoms with Crippen molar-refractivity contribution in [3.63, 3.8) is 0 Å². The van der Waals surface area contributed by atoms with Gasteiger partial charge in [0.1, 0.15) is 0 Å². The third-order valence-corrected chi connectivity index (χ3v) is 7.28. The Labute approximate surface area is 157 Å². The Morgan fingerprint density at radius 3 is 2.50 bits per heavy atom. The van der Waals surface area contributed by atoms with Crippen LogP contribution >= 0.6 is 0 Å². The summed E-state index contributed by atoms with van der Waals surface area (Å²) in [7, 11) is 0.935. The number of fused-ring (bicyclic) bond motifs is 1. The first-order chi connectivity index (χ1) is 12.3. The molecular weight excluding hydrogens is 348 g/mol. The number of amides is 1. The van der Waals surface area contributed by atoms with Crippen LogP contribution in [-0.2, 0) is 33.9 Å². The van der Waals surface area contributed by atoms with Gasteiger partial charge in [0.2, 0.25) is 5.91 Å². The van der Waals surface area contributed by atoms with Crippen molar-refractivity contribution >= 4 is 15.7 Å². The number of aryl methyl sites for hydroxylation is 2. The van der Waals surface area contributed by atoms with Crippen LogP contribution in [0.4, 0.5) is 0 Å². The molecule has 1 saturated heterocycles. The van der Waals surface area contributed by atoms with Gasteiger partial charge in [0.25, 0.3) is 0 Å². The van der Waals surface area contributed by atoms with Crippen molar-refractivity contribution in [2.24, 2.45) is 0 Å². The van der Waals surface area contributed by atoms with Crippen LogP contribution < -0.4 is 0 Å². The van der Waals surface area contributed by atoms with Gasteiger partial charge in [-0.1, -0.05) is 18.2 Å². The van der Waals surface area contributed by atoms with Gasteiger partial charge in [0.15, 0.2) is 9.84 Å². The number of sulfone groups is 1. The van der Waals surface area contributed by atoms with Crippen LogP contribution in [0.1, 0.15) is 36.0 Å². The highest BCUT2D eigenvalue weighted by Crippen LogP contribution is 2.23. The van der Waals surface area contributed by atoms with E-state index in [-0.39, 0.29) is 23.5 Å². The zero-order valence-corrected chi connectivity index (χ0v) is 16.7. The van der Waals surface area contributed by atoms with Gasteiger partial charge in [-0.25, -0.2) is 8.42 Å². The number of carbonyl (C=O) groups excluding carboxylic acids is 1. The van der Waals surface area contributed by atoms with E-state index >= 15 is 0 Å². The highest BCUT2D eigenvalue weighted by Gasteiger charge is 2.34. The van der Waals surface area contributed by atoms with E-state index in [1.807, 2.05) is 23.9 Å². The monoisotopic (exact) mass is 378 g/mol. The maximum absolute atomic E-state index is 13.0. The summed E-state index contributed by atoms with van der Waals surface area (Å²) in [6, 6.07) is 6.24. The topological polar surface area (TPSA) is 57.7 Å². The lowest BCUT2D eigenvalue weighted by molar-refractivity contribution is -0.132. The SMILES string of the molecule is CN(C)CCN(C(=O)Cc1ccc2c(c1)CCCC2)C1CCS(=O)(=O)C1. The molecule has 1 unspecified atom stereocenters. The Hall–Kier alpha value is -1.40. The predicted octanol–water partition coefficient (Wildman–Crippen LogP) is 1.69. The van der Waals surface area contributed by atoms with E-state index in [0.29, 0.717) is 19.4 Å². The van der Waals surface area contributed by atoms with Crippen molar-refractivity contribution in [2.75, 3.05) is 38.7 Å². The Morgan fingerprint density at radius 2 is 1.85 bits per heavy atom. The fourth-order valence-corrected chi connectivity index (χ4v) is 5.74. The molecule has 1 fully saturated rings. The molecule has 1 aliphatic carbocycles. The minimum absolute atomic E-state index is 0.0460. The maximum atomic E-state index is 13.0. The van der Waals surface area contributed by atoms with E-state index in [9.17, 15) is 13.2 Å². The van der Waals surface area contributed by atoms with Gasteiger partial charge in [0, 0.05) is 19.1 Å². The van der Waals surface area contributed by atoms with E-state index in [1.54, 1.807) is 0 Å². The van der Waals surface area contributed by atoms with Gasteiger partial charge in [0.05, 0.1) is 17.9 Å². The molecule has 2 aliphatic rings. The number of nitrogens with zero attached hydrogens (tertiary/aromatic N) is 2. The van der Waals surface area contributed by atoms with Crippen molar-refractivity contribution in [3.8, 4) is 0 Å². The van der Waals surface area contributed by atoms with E-state index in [2.05, 4.69) is 18.2 Å². The lowest BCUT2D eigenvalue weighted by Crippen LogP contribution is -2.45. The van der Waals surface area contributed by atoms with Crippen molar-refractivity contribution in [1.29, 1.82) is 0 Å². The molecular formula is C20H30N2O3S. The molecule has 26 heavy (non-hydrogen) atoms. The largest absolute Gasteiger partial charge is 0.337 e. The average Bonchev–Trinajstić information content (AvgIpc) is 2.94. The van der Waals surface area contributed by atoms with Gasteiger partial charge >= 0.3 is 0 Å². The van der Waals surface area contributed by atoms with Gasteiger partial charge in [-0.05, 0) is 62.9 Å². The maximum Gasteiger partial charge on any atom is 0.227 e. The smallest absolute Gasteiger partial charge is 0.227 e. The highest BCUT2D eigenvalue weighted by atomic mass is 32.2. The Kier molecular flexibility index (Phi) is 6.03. The molecule has 1 aromatic carbocycles. The number of rotatable bonds is 6. The first-order valence-electron chi connectivity index (χ1n) is 9.59. The molecule has 0 spiro atoms. The molecule has 0 saturated carbocycles. The summed E-state index contributed by atoms with van der Waals surface area (Å²) in [6.07, 6.45) is 5.63. The van der Waals surface area contributed by atoms with E-state index < -0.39 is 9.84 Å². The molecule has 0 aromatic heterocycles. The van der Waals surface area contributed by atoms with Gasteiger partial charge in [-0.2, -0.15) is 0 Å². The number of hydrogen-bond donors (Lipinski definition) is 0. The normalized spacial score (nSPS) is 21.6. The molecule has 144 valence electrons. The first kappa shape index (κ1) is 19.4. The van der Waals surface area contributed by atoms with Crippen LogP contribution in [0.2, 0.25) is 0 Å². The second kappa shape index (κ2) is 8.09. The third kappa shape index (κ3) is 4.86. The van der Waals surface area contributed by atoms with Crippen LogP contribution in [0.15, 0.2) is 18.2 Å². The second-order valence-electron chi connectivity index (χ2n) is 7.93. The molecule has 1 aliphatic heterocycles. The van der Waals surface area contributed by atoms with Gasteiger partial charge < -0.3 is 9.80 Å². The molecule has 1 heterocycles. The minimum atomic E-state index is -3.00. The summed E-state index contributed by atoms with van der Waals surface area (Å²) >= 11 is 0. The second-order valence-corrected chi connectivity index (χ2v) is 10.2. The molecule has 3 rings (SSSR count). The van der Waals surface area contributed by atoms with Gasteiger partial charge in [-0.3, -0.25) is 4.79 Å². The van der Waals surface area contributed by atoms with Crippen molar-refractivity contribution in [1.82, 2.24) is 9.80 Å². The van der Waals surface area contributed by atoms with Crippen LogP contribution in [0.25, 0.3) is 0 Å². The van der Waals surface area contributed by atoms with Crippen molar-refractivity contribution in [3.05, 3.63) is 34.9 Å². The Morgan fingerprint density at radius 1 is 1.12 bits per heavy atom. The predicted molar refractivity (Wildman–Crippen MR) is 104 cm³/mol. The summed E-state index contributed by atoms with van der Waals surface area (Å²) < 4.78 is 23.8. The van der Waals surface area contributed by atoms with Crippen LogP contribution in [0, 0.1) is 0 Å². The molecule has 6 heteroatoms. The summed E-state index contributed by atoms with van der Waals surface area (Å²) in [5.41, 5.74) is 3.84. The quantitative estimate of drug-likeness (QED) is 0.756. The van der Waals surface area contributed by atoms with Crippen LogP contribution in [-0.4, -0.2) is 68.9 Å². The van der Waals surface area contributed by atoms with E-state index in [4.69, 9.17) is 0 Å². The number of carbonyl (C=O) groups is 1. The fraction of sp³-hybridized carbons (Fsp3) is 0.650. The summed E-state index contributed by atoms with van der Waals surface area (Å²) in [4.78, 5) is 16.8. The standard InChI is InChI=1S/C20H30N2O3S/c1-21(2)10-11-22(19-9-12-26(24,25)15-19)20(23)14-16-7-8-17-5-3-4-6-18(17)13-16/h7-8,13,19H,3-6,9-12,14-15H2,1-2H3. The molecule has 0 bridgehead atoms. The molecule has 0 radical (unpaired) electrons. The Balaban J connectivity index is 1.72. The molecule has 1 amide bonds. The summed E-state index contributed by atoms with van der Waals surface area (Å²) in [5, 5.41) is 0. The zero-order chi connectivity index (χ0) is 18.7. The van der Waals surface area contributed by atoms with Gasteiger partial charge in [-0.15, -0.1) is 0 Å². The van der Waals surface area contributed by atoms with Crippen LogP contribution in [0.5, 0.6) is 0 Å². The van der Waals surface area contributed by atoms with Crippen LogP contribution in [0.3, 0.4) is 0 Å². The number of hydrogen-bond acceptors (Lipinski definition) is 4. The third-order valence-electron chi connectivity index (χ3n) is 5.53. The van der Waals surface area contributed by atoms with Crippen molar-refractivity contribution < 1.29 is 13.2 Å². The number of benzene rings is 1. The average molecular weight is 379 g/mol. The lowest BCUT2D eigenvalue weighted by atomic mass is 9.90. The fourth-order valence-electron chi connectivity index (χ4n) is 4.01. The minimum Gasteiger partial charge on any atom is -0.337 e. The molecule has 0 N–H and O–H groups in total. The lowest BCUT2D eigenvalue weighted by Gasteiger charge is -2.30. The Bertz CT molecular complexity index is 758. The number of likely N-dealkylation sites (N-methyl/N-ethyl adjacent to an activating group) is 1. The molecule has 5 nitrogen and oxygen atoms in total. The molecule has 1 aromatic rings. The molecule has 1 atom stereocenters. The first-order valence-corrected chi connectivity index (χ1v) is 11.4.